The van der Waals surface area contributed by atoms with Gasteiger partial charge in [0.25, 0.3) is 0 Å². The lowest BCUT2D eigenvalue weighted by Crippen LogP contribution is -2.62. The minimum Gasteiger partial charge on any atom is -0.467 e. The van der Waals surface area contributed by atoms with Crippen LogP contribution in [0.3, 0.4) is 0 Å². The molecule has 2 atom stereocenters. The van der Waals surface area contributed by atoms with Crippen LogP contribution in [0.4, 0.5) is 4.79 Å². The number of nitrogens with zero attached hydrogens (tertiary/aromatic N) is 4. The number of rotatable bonds is 12. The predicted molar refractivity (Wildman–Crippen MR) is 201 cm³/mol. The number of carbonyl (C=O) groups is 3. The molecule has 0 aliphatic carbocycles. The second kappa shape index (κ2) is 16.1. The highest BCUT2D eigenvalue weighted by molar-refractivity contribution is 5.90. The molecule has 4 aromatic carbocycles. The second-order valence-electron chi connectivity index (χ2n) is 13.8. The van der Waals surface area contributed by atoms with E-state index in [1.165, 1.54) is 7.11 Å². The largest absolute Gasteiger partial charge is 0.467 e. The maximum absolute atomic E-state index is 14.5. The third-order valence-corrected chi connectivity index (χ3v) is 9.99. The number of hydrogen-bond donors (Lipinski definition) is 1. The van der Waals surface area contributed by atoms with Gasteiger partial charge in [0.1, 0.15) is 17.6 Å². The molecule has 1 aliphatic heterocycles. The normalized spacial score (nSPS) is 15.4. The van der Waals surface area contributed by atoms with E-state index in [1.54, 1.807) is 9.80 Å². The van der Waals surface area contributed by atoms with Crippen LogP contribution in [0.5, 0.6) is 0 Å². The second-order valence-corrected chi connectivity index (χ2v) is 13.8. The molecule has 1 saturated heterocycles. The van der Waals surface area contributed by atoms with Crippen molar-refractivity contribution in [2.45, 2.75) is 57.8 Å². The van der Waals surface area contributed by atoms with E-state index in [0.29, 0.717) is 25.9 Å². The molecule has 0 saturated carbocycles. The summed E-state index contributed by atoms with van der Waals surface area (Å²) in [6, 6.07) is 38.9. The first-order chi connectivity index (χ1) is 25.2. The molecule has 6 rings (SSSR count). The summed E-state index contributed by atoms with van der Waals surface area (Å²) in [6.07, 6.45) is 2.65. The fraction of sp³-hybridized carbons (Fsp3) is 0.302. The number of benzene rings is 4. The summed E-state index contributed by atoms with van der Waals surface area (Å²) in [5, 5.41) is 2.87. The van der Waals surface area contributed by atoms with Gasteiger partial charge in [-0.05, 0) is 41.5 Å². The van der Waals surface area contributed by atoms with Crippen LogP contribution < -0.4 is 5.32 Å². The number of nitrogens with one attached hydrogen (secondary N) is 1. The number of methoxy groups -OCH3 is 1. The summed E-state index contributed by atoms with van der Waals surface area (Å²) >= 11 is 0. The molecule has 3 amide bonds. The molecule has 52 heavy (non-hydrogen) atoms. The van der Waals surface area contributed by atoms with E-state index in [0.717, 1.165) is 33.6 Å². The van der Waals surface area contributed by atoms with Gasteiger partial charge in [0.2, 0.25) is 5.91 Å². The Labute approximate surface area is 306 Å². The molecule has 5 aromatic rings. The van der Waals surface area contributed by atoms with Gasteiger partial charge in [0.05, 0.1) is 25.7 Å². The summed E-state index contributed by atoms with van der Waals surface area (Å²) < 4.78 is 7.22. The smallest absolute Gasteiger partial charge is 0.328 e. The van der Waals surface area contributed by atoms with Crippen molar-refractivity contribution in [2.24, 2.45) is 5.92 Å². The number of amides is 3. The van der Waals surface area contributed by atoms with Gasteiger partial charge >= 0.3 is 12.0 Å². The fourth-order valence-corrected chi connectivity index (χ4v) is 7.41. The number of ether oxygens (including phenoxy) is 1. The fourth-order valence-electron chi connectivity index (χ4n) is 7.41. The molecule has 1 fully saturated rings. The molecule has 9 heteroatoms. The van der Waals surface area contributed by atoms with Crippen molar-refractivity contribution >= 4 is 17.9 Å². The van der Waals surface area contributed by atoms with Crippen LogP contribution in [-0.4, -0.2) is 69.5 Å². The molecule has 1 aromatic heterocycles. The zero-order chi connectivity index (χ0) is 36.7. The van der Waals surface area contributed by atoms with E-state index in [-0.39, 0.29) is 18.4 Å². The lowest BCUT2D eigenvalue weighted by Gasteiger charge is -2.41. The Morgan fingerprint density at radius 1 is 0.827 bits per heavy atom. The Balaban J connectivity index is 1.34. The first kappa shape index (κ1) is 36.1. The lowest BCUT2D eigenvalue weighted by atomic mass is 9.76. The van der Waals surface area contributed by atoms with Crippen molar-refractivity contribution in [2.75, 3.05) is 20.2 Å². The quantitative estimate of drug-likeness (QED) is 0.117. The molecule has 0 unspecified atom stereocenters. The predicted octanol–water partition coefficient (Wildman–Crippen LogP) is 6.58. The number of hydrogen-bond acceptors (Lipinski definition) is 5. The number of urea groups is 1. The SMILES string of the molecule is COC(=O)[C@H](CC(C)C)NC(=O)N1CCN(Cc2ncn(C(c3ccccc3)(c3ccccc3)c3ccccc3)c2C)C(=O)[C@@H]1Cc1ccccc1. The van der Waals surface area contributed by atoms with Gasteiger partial charge in [-0.2, -0.15) is 0 Å². The van der Waals surface area contributed by atoms with Gasteiger partial charge in [-0.3, -0.25) is 4.79 Å². The van der Waals surface area contributed by atoms with Gasteiger partial charge < -0.3 is 24.4 Å². The minimum atomic E-state index is -0.811. The minimum absolute atomic E-state index is 0.149. The number of aromatic nitrogens is 2. The van der Waals surface area contributed by atoms with E-state index in [4.69, 9.17) is 9.72 Å². The average molecular weight is 698 g/mol. The van der Waals surface area contributed by atoms with Crippen LogP contribution in [0, 0.1) is 12.8 Å². The molecule has 0 spiro atoms. The Bertz CT molecular complexity index is 1850. The van der Waals surface area contributed by atoms with Crippen LogP contribution in [0.2, 0.25) is 0 Å². The highest BCUT2D eigenvalue weighted by atomic mass is 16.5. The van der Waals surface area contributed by atoms with Gasteiger partial charge in [0, 0.05) is 25.2 Å². The molecular formula is C43H47N5O4. The highest BCUT2D eigenvalue weighted by Crippen LogP contribution is 2.42. The molecule has 0 radical (unpaired) electrons. The highest BCUT2D eigenvalue weighted by Gasteiger charge is 2.42. The van der Waals surface area contributed by atoms with Gasteiger partial charge in [0.15, 0.2) is 0 Å². The number of imidazole rings is 1. The van der Waals surface area contributed by atoms with Crippen molar-refractivity contribution in [3.8, 4) is 0 Å². The maximum Gasteiger partial charge on any atom is 0.328 e. The average Bonchev–Trinajstić information content (AvgIpc) is 3.53. The van der Waals surface area contributed by atoms with E-state index in [2.05, 4.69) is 89.6 Å². The monoisotopic (exact) mass is 697 g/mol. The molecule has 0 bridgehead atoms. The Morgan fingerprint density at radius 2 is 1.35 bits per heavy atom. The van der Waals surface area contributed by atoms with Crippen LogP contribution in [0.15, 0.2) is 128 Å². The Hall–Kier alpha value is -5.70. The topological polar surface area (TPSA) is 96.8 Å². The summed E-state index contributed by atoms with van der Waals surface area (Å²) in [4.78, 5) is 49.2. The maximum atomic E-state index is 14.5. The molecule has 2 heterocycles. The van der Waals surface area contributed by atoms with Gasteiger partial charge in [-0.15, -0.1) is 0 Å². The first-order valence-electron chi connectivity index (χ1n) is 17.9. The first-order valence-corrected chi connectivity index (χ1v) is 17.9. The van der Waals surface area contributed by atoms with Crippen molar-refractivity contribution in [3.63, 3.8) is 0 Å². The molecule has 9 nitrogen and oxygen atoms in total. The molecular weight excluding hydrogens is 651 g/mol. The van der Waals surface area contributed by atoms with Crippen LogP contribution in [-0.2, 0) is 32.8 Å². The van der Waals surface area contributed by atoms with Crippen LogP contribution in [0.1, 0.15) is 53.9 Å². The molecule has 1 N–H and O–H groups in total. The number of esters is 1. The third-order valence-electron chi connectivity index (χ3n) is 9.99. The summed E-state index contributed by atoms with van der Waals surface area (Å²) in [6.45, 7) is 6.92. The number of piperazine rings is 1. The summed E-state index contributed by atoms with van der Waals surface area (Å²) in [5.41, 5.74) is 5.16. The lowest BCUT2D eigenvalue weighted by molar-refractivity contribution is -0.143. The summed E-state index contributed by atoms with van der Waals surface area (Å²) in [7, 11) is 1.31. The summed E-state index contributed by atoms with van der Waals surface area (Å²) in [5.74, 6) is -0.524. The zero-order valence-corrected chi connectivity index (χ0v) is 30.3. The molecule has 1 aliphatic rings. The third kappa shape index (κ3) is 7.35. The van der Waals surface area contributed by atoms with E-state index in [1.807, 2.05) is 68.7 Å². The zero-order valence-electron chi connectivity index (χ0n) is 30.3. The Kier molecular flexibility index (Phi) is 11.2. The van der Waals surface area contributed by atoms with Crippen molar-refractivity contribution in [3.05, 3.63) is 161 Å². The molecule has 268 valence electrons. The van der Waals surface area contributed by atoms with Gasteiger partial charge in [-0.25, -0.2) is 14.6 Å². The Morgan fingerprint density at radius 3 is 1.85 bits per heavy atom. The van der Waals surface area contributed by atoms with Crippen LogP contribution in [0.25, 0.3) is 0 Å². The van der Waals surface area contributed by atoms with Crippen molar-refractivity contribution < 1.29 is 19.1 Å². The van der Waals surface area contributed by atoms with Gasteiger partial charge in [-0.1, -0.05) is 135 Å². The number of carbonyl (C=O) groups excluding carboxylic acids is 3. The van der Waals surface area contributed by atoms with Crippen molar-refractivity contribution in [1.82, 2.24) is 24.7 Å². The van der Waals surface area contributed by atoms with E-state index in [9.17, 15) is 14.4 Å². The van der Waals surface area contributed by atoms with E-state index < -0.39 is 29.6 Å². The van der Waals surface area contributed by atoms with E-state index >= 15 is 0 Å². The standard InChI is InChI=1S/C43H47N5O4/c1-31(2)27-37(41(50)52-4)45-42(51)47-26-25-46(40(49)39(47)28-33-17-9-5-10-18-33)29-38-32(3)48(30-44-38)43(34-19-11-6-12-20-34,35-21-13-7-14-22-35)36-23-15-8-16-24-36/h5-24,30-31,37,39H,25-29H2,1-4H3,(H,45,51)/t37-,39-/m0/s1. The van der Waals surface area contributed by atoms with Crippen LogP contribution >= 0.6 is 0 Å². The van der Waals surface area contributed by atoms with Crippen molar-refractivity contribution in [1.29, 1.82) is 0 Å².